The van der Waals surface area contributed by atoms with Crippen molar-refractivity contribution in [2.45, 2.75) is 38.6 Å². The lowest BCUT2D eigenvalue weighted by atomic mass is 9.85. The first-order valence-corrected chi connectivity index (χ1v) is 9.39. The highest BCUT2D eigenvalue weighted by Crippen LogP contribution is 2.27. The Morgan fingerprint density at radius 1 is 1.50 bits per heavy atom. The normalized spacial score (nSPS) is 15.1. The van der Waals surface area contributed by atoms with E-state index in [1.165, 1.54) is 31.4 Å². The van der Waals surface area contributed by atoms with Crippen molar-refractivity contribution in [2.75, 3.05) is 23.9 Å². The van der Waals surface area contributed by atoms with Crippen LogP contribution in [0, 0.1) is 5.92 Å². The Morgan fingerprint density at radius 2 is 2.30 bits per heavy atom. The Hall–Kier alpha value is -0.490. The van der Waals surface area contributed by atoms with Gasteiger partial charge in [0.15, 0.2) is 0 Å². The molecule has 1 aliphatic rings. The van der Waals surface area contributed by atoms with Crippen LogP contribution in [-0.4, -0.2) is 28.3 Å². The van der Waals surface area contributed by atoms with Crippen molar-refractivity contribution in [2.24, 2.45) is 5.92 Å². The van der Waals surface area contributed by atoms with E-state index in [4.69, 9.17) is 0 Å². The summed E-state index contributed by atoms with van der Waals surface area (Å²) < 4.78 is 2.37. The van der Waals surface area contributed by atoms with Crippen LogP contribution in [0.15, 0.2) is 15.5 Å². The van der Waals surface area contributed by atoms with Crippen molar-refractivity contribution in [1.29, 1.82) is 0 Å². The van der Waals surface area contributed by atoms with Gasteiger partial charge in [0.05, 0.1) is 10.7 Å². The Balaban J connectivity index is 1.95. The molecule has 1 aliphatic carbocycles. The summed E-state index contributed by atoms with van der Waals surface area (Å²) in [5.41, 5.74) is 0.652. The molecule has 0 radical (unpaired) electrons. The number of thioether (sulfide) groups is 1. The molecule has 20 heavy (non-hydrogen) atoms. The van der Waals surface area contributed by atoms with Gasteiger partial charge in [0.2, 0.25) is 0 Å². The standard InChI is InChI=1S/C14H22BrN3OS/c1-20-8-3-2-7-16-13-12(15)9-17-18(14(13)19)10-11-5-4-6-11/h9,11,16H,2-8,10H2,1H3. The molecule has 0 bridgehead atoms. The van der Waals surface area contributed by atoms with Crippen LogP contribution < -0.4 is 10.9 Å². The van der Waals surface area contributed by atoms with E-state index in [0.717, 1.165) is 24.0 Å². The van der Waals surface area contributed by atoms with Gasteiger partial charge in [-0.1, -0.05) is 6.42 Å². The van der Waals surface area contributed by atoms with E-state index in [1.807, 2.05) is 11.8 Å². The average Bonchev–Trinajstić information content (AvgIpc) is 2.39. The van der Waals surface area contributed by atoms with E-state index in [2.05, 4.69) is 32.6 Å². The molecule has 1 aromatic heterocycles. The minimum absolute atomic E-state index is 0.00357. The van der Waals surface area contributed by atoms with Crippen LogP contribution in [0.2, 0.25) is 0 Å². The van der Waals surface area contributed by atoms with E-state index in [9.17, 15) is 4.79 Å². The lowest BCUT2D eigenvalue weighted by Gasteiger charge is -2.25. The first-order chi connectivity index (χ1) is 9.72. The van der Waals surface area contributed by atoms with Crippen molar-refractivity contribution in [3.05, 3.63) is 21.0 Å². The smallest absolute Gasteiger partial charge is 0.291 e. The molecule has 2 rings (SSSR count). The highest BCUT2D eigenvalue weighted by molar-refractivity contribution is 9.10. The minimum atomic E-state index is -0.00357. The van der Waals surface area contributed by atoms with Crippen LogP contribution in [0.5, 0.6) is 0 Å². The highest BCUT2D eigenvalue weighted by atomic mass is 79.9. The van der Waals surface area contributed by atoms with Crippen LogP contribution >= 0.6 is 27.7 Å². The Bertz CT molecular complexity index is 488. The van der Waals surface area contributed by atoms with Gasteiger partial charge in [0, 0.05) is 13.1 Å². The molecule has 0 spiro atoms. The van der Waals surface area contributed by atoms with Crippen LogP contribution in [0.25, 0.3) is 0 Å². The van der Waals surface area contributed by atoms with Gasteiger partial charge in [-0.2, -0.15) is 16.9 Å². The molecule has 1 heterocycles. The number of nitrogens with zero attached hydrogens (tertiary/aromatic N) is 2. The third kappa shape index (κ3) is 4.25. The molecule has 0 unspecified atom stereocenters. The van der Waals surface area contributed by atoms with Crippen molar-refractivity contribution < 1.29 is 0 Å². The molecular formula is C14H22BrN3OS. The lowest BCUT2D eigenvalue weighted by Crippen LogP contribution is -2.31. The van der Waals surface area contributed by atoms with Crippen molar-refractivity contribution in [3.8, 4) is 0 Å². The van der Waals surface area contributed by atoms with E-state index in [1.54, 1.807) is 10.9 Å². The van der Waals surface area contributed by atoms with Gasteiger partial charge in [0.1, 0.15) is 5.69 Å². The quantitative estimate of drug-likeness (QED) is 0.722. The maximum Gasteiger partial charge on any atom is 0.291 e. The molecule has 0 atom stereocenters. The summed E-state index contributed by atoms with van der Waals surface area (Å²) in [5, 5.41) is 7.49. The van der Waals surface area contributed by atoms with Crippen LogP contribution in [0.1, 0.15) is 32.1 Å². The summed E-state index contributed by atoms with van der Waals surface area (Å²) in [5.74, 6) is 1.81. The third-order valence-electron chi connectivity index (χ3n) is 3.73. The van der Waals surface area contributed by atoms with Gasteiger partial charge in [-0.15, -0.1) is 0 Å². The molecule has 0 aliphatic heterocycles. The second kappa shape index (κ2) is 8.08. The fourth-order valence-corrected chi connectivity index (χ4v) is 3.16. The molecule has 6 heteroatoms. The van der Waals surface area contributed by atoms with Crippen LogP contribution in [-0.2, 0) is 6.54 Å². The van der Waals surface area contributed by atoms with Gasteiger partial charge >= 0.3 is 0 Å². The summed E-state index contributed by atoms with van der Waals surface area (Å²) in [6.45, 7) is 1.59. The second-order valence-electron chi connectivity index (χ2n) is 5.28. The first-order valence-electron chi connectivity index (χ1n) is 7.21. The molecule has 0 saturated heterocycles. The number of nitrogens with one attached hydrogen (secondary N) is 1. The molecule has 1 aromatic rings. The molecule has 112 valence electrons. The summed E-state index contributed by atoms with van der Waals surface area (Å²) in [6, 6.07) is 0. The summed E-state index contributed by atoms with van der Waals surface area (Å²) in [6.07, 6.45) is 9.83. The third-order valence-corrected chi connectivity index (χ3v) is 5.03. The first kappa shape index (κ1) is 15.9. The number of halogens is 1. The zero-order valence-corrected chi connectivity index (χ0v) is 14.3. The largest absolute Gasteiger partial charge is 0.380 e. The predicted octanol–water partition coefficient (Wildman–Crippen LogP) is 3.36. The number of hydrogen-bond donors (Lipinski definition) is 1. The Morgan fingerprint density at radius 3 is 2.95 bits per heavy atom. The summed E-state index contributed by atoms with van der Waals surface area (Å²) in [7, 11) is 0. The fourth-order valence-electron chi connectivity index (χ4n) is 2.26. The van der Waals surface area contributed by atoms with E-state index in [0.29, 0.717) is 11.6 Å². The van der Waals surface area contributed by atoms with Gasteiger partial charge in [-0.05, 0) is 59.5 Å². The van der Waals surface area contributed by atoms with Crippen molar-refractivity contribution >= 4 is 33.4 Å². The van der Waals surface area contributed by atoms with Gasteiger partial charge in [-0.25, -0.2) is 4.68 Å². The zero-order chi connectivity index (χ0) is 14.4. The Labute approximate surface area is 132 Å². The van der Waals surface area contributed by atoms with Crippen molar-refractivity contribution in [1.82, 2.24) is 9.78 Å². The average molecular weight is 360 g/mol. The Kier molecular flexibility index (Phi) is 6.42. The zero-order valence-electron chi connectivity index (χ0n) is 11.9. The number of anilines is 1. The molecule has 1 fully saturated rings. The predicted molar refractivity (Wildman–Crippen MR) is 89.6 cm³/mol. The number of unbranched alkanes of at least 4 members (excludes halogenated alkanes) is 1. The molecule has 1 N–H and O–H groups in total. The van der Waals surface area contributed by atoms with Gasteiger partial charge in [-0.3, -0.25) is 4.79 Å². The number of rotatable bonds is 8. The van der Waals surface area contributed by atoms with E-state index < -0.39 is 0 Å². The van der Waals surface area contributed by atoms with Crippen LogP contribution in [0.3, 0.4) is 0 Å². The number of aromatic nitrogens is 2. The maximum atomic E-state index is 12.4. The van der Waals surface area contributed by atoms with Crippen molar-refractivity contribution in [3.63, 3.8) is 0 Å². The molecule has 0 aromatic carbocycles. The van der Waals surface area contributed by atoms with Gasteiger partial charge < -0.3 is 5.32 Å². The minimum Gasteiger partial charge on any atom is -0.380 e. The number of hydrogen-bond acceptors (Lipinski definition) is 4. The maximum absolute atomic E-state index is 12.4. The van der Waals surface area contributed by atoms with E-state index >= 15 is 0 Å². The molecule has 1 saturated carbocycles. The second-order valence-corrected chi connectivity index (χ2v) is 7.12. The lowest BCUT2D eigenvalue weighted by molar-refractivity contribution is 0.262. The van der Waals surface area contributed by atoms with Gasteiger partial charge in [0.25, 0.3) is 5.56 Å². The summed E-state index contributed by atoms with van der Waals surface area (Å²) in [4.78, 5) is 12.4. The van der Waals surface area contributed by atoms with E-state index in [-0.39, 0.29) is 5.56 Å². The SMILES string of the molecule is CSCCCCNc1c(Br)cnn(CC2CCC2)c1=O. The molecule has 4 nitrogen and oxygen atoms in total. The topological polar surface area (TPSA) is 46.9 Å². The highest BCUT2D eigenvalue weighted by Gasteiger charge is 2.20. The fraction of sp³-hybridized carbons (Fsp3) is 0.714. The van der Waals surface area contributed by atoms with Crippen LogP contribution in [0.4, 0.5) is 5.69 Å². The molecular weight excluding hydrogens is 338 g/mol. The monoisotopic (exact) mass is 359 g/mol. The summed E-state index contributed by atoms with van der Waals surface area (Å²) >= 11 is 5.28. The molecule has 0 amide bonds.